The molecule has 0 fully saturated rings. The lowest BCUT2D eigenvalue weighted by Crippen LogP contribution is -2.47. The first-order valence-electron chi connectivity index (χ1n) is 9.19. The molecule has 1 amide bonds. The maximum Gasteiger partial charge on any atom is 0.270 e. The number of fused-ring (bicyclic) bond motifs is 1. The third-order valence-corrected chi connectivity index (χ3v) is 4.94. The molecule has 4 heterocycles. The van der Waals surface area contributed by atoms with Gasteiger partial charge in [-0.25, -0.2) is 15.0 Å². The summed E-state index contributed by atoms with van der Waals surface area (Å²) < 4.78 is 1.65. The number of nitrogens with zero attached hydrogens (tertiary/aromatic N) is 5. The van der Waals surface area contributed by atoms with Crippen LogP contribution in [0.1, 0.15) is 42.5 Å². The molecule has 1 atom stereocenters. The first kappa shape index (κ1) is 18.0. The lowest BCUT2D eigenvalue weighted by Gasteiger charge is -2.30. The molecule has 28 heavy (non-hydrogen) atoms. The molecule has 0 saturated heterocycles. The summed E-state index contributed by atoms with van der Waals surface area (Å²) in [5.74, 6) is 0.244. The monoisotopic (exact) mass is 376 g/mol. The third kappa shape index (κ3) is 3.40. The van der Waals surface area contributed by atoms with Gasteiger partial charge in [0.1, 0.15) is 17.8 Å². The number of amides is 1. The van der Waals surface area contributed by atoms with Crippen LogP contribution < -0.4 is 10.9 Å². The van der Waals surface area contributed by atoms with E-state index in [1.807, 2.05) is 6.92 Å². The van der Waals surface area contributed by atoms with Gasteiger partial charge in [0.25, 0.3) is 11.5 Å². The zero-order valence-electron chi connectivity index (χ0n) is 15.5. The Morgan fingerprint density at radius 3 is 2.79 bits per heavy atom. The van der Waals surface area contributed by atoms with E-state index < -0.39 is 5.54 Å². The highest BCUT2D eigenvalue weighted by atomic mass is 16.2. The highest BCUT2D eigenvalue weighted by Crippen LogP contribution is 2.29. The van der Waals surface area contributed by atoms with Crippen LogP contribution >= 0.6 is 0 Å². The summed E-state index contributed by atoms with van der Waals surface area (Å²) in [6.07, 6.45) is 6.98. The second-order valence-electron chi connectivity index (χ2n) is 7.01. The third-order valence-electron chi connectivity index (χ3n) is 4.94. The maximum atomic E-state index is 12.8. The molecule has 0 saturated carbocycles. The fourth-order valence-electron chi connectivity index (χ4n) is 3.51. The van der Waals surface area contributed by atoms with Crippen molar-refractivity contribution in [1.29, 1.82) is 0 Å². The number of rotatable bonds is 3. The van der Waals surface area contributed by atoms with Crippen LogP contribution in [0.5, 0.6) is 0 Å². The van der Waals surface area contributed by atoms with Gasteiger partial charge in [-0.05, 0) is 44.4 Å². The Morgan fingerprint density at radius 2 is 2.04 bits per heavy atom. The van der Waals surface area contributed by atoms with E-state index in [4.69, 9.17) is 4.98 Å². The Hall–Kier alpha value is -3.42. The van der Waals surface area contributed by atoms with Crippen molar-refractivity contribution in [3.05, 3.63) is 70.9 Å². The molecule has 1 aliphatic heterocycles. The summed E-state index contributed by atoms with van der Waals surface area (Å²) >= 11 is 0. The molecule has 1 unspecified atom stereocenters. The van der Waals surface area contributed by atoms with Crippen molar-refractivity contribution in [2.75, 3.05) is 0 Å². The molecule has 8 nitrogen and oxygen atoms in total. The van der Waals surface area contributed by atoms with Gasteiger partial charge in [0.05, 0.1) is 16.9 Å². The smallest absolute Gasteiger partial charge is 0.270 e. The average Bonchev–Trinajstić information content (AvgIpc) is 2.89. The van der Waals surface area contributed by atoms with E-state index in [0.29, 0.717) is 35.9 Å². The Balaban J connectivity index is 1.79. The lowest BCUT2D eigenvalue weighted by molar-refractivity contribution is 0.0889. The number of carbonyl (C=O) groups excluding carboxylic acids is 1. The largest absolute Gasteiger partial charge is 0.338 e. The average molecular weight is 376 g/mol. The van der Waals surface area contributed by atoms with E-state index >= 15 is 0 Å². The van der Waals surface area contributed by atoms with Gasteiger partial charge in [0, 0.05) is 25.0 Å². The fourth-order valence-corrected chi connectivity index (χ4v) is 3.51. The molecule has 0 aliphatic carbocycles. The fraction of sp³-hybridized carbons (Fsp3) is 0.300. The SMILES string of the molecule is CC1(NC(=O)c2ccccn2)CCCCn2c1nc(-c1ccncn1)cc2=O. The van der Waals surface area contributed by atoms with E-state index in [1.165, 1.54) is 12.4 Å². The van der Waals surface area contributed by atoms with Crippen molar-refractivity contribution in [1.82, 2.24) is 29.8 Å². The minimum Gasteiger partial charge on any atom is -0.338 e. The van der Waals surface area contributed by atoms with Crippen molar-refractivity contribution in [2.45, 2.75) is 38.3 Å². The van der Waals surface area contributed by atoms with Crippen LogP contribution in [0.4, 0.5) is 0 Å². The maximum absolute atomic E-state index is 12.8. The topological polar surface area (TPSA) is 103 Å². The number of hydrogen-bond acceptors (Lipinski definition) is 6. The number of hydrogen-bond donors (Lipinski definition) is 1. The Labute approximate surface area is 161 Å². The summed E-state index contributed by atoms with van der Waals surface area (Å²) in [5.41, 5.74) is 0.414. The van der Waals surface area contributed by atoms with E-state index in [-0.39, 0.29) is 11.5 Å². The summed E-state index contributed by atoms with van der Waals surface area (Å²) in [6, 6.07) is 8.38. The standard InChI is InChI=1S/C20H20N6O2/c1-20(25-18(28)15-6-2-4-9-22-15)8-3-5-11-26-17(27)12-16(24-19(20)26)14-7-10-21-13-23-14/h2,4,6-7,9-10,12-13H,3,5,8,11H2,1H3,(H,25,28). The van der Waals surface area contributed by atoms with Crippen LogP contribution in [-0.4, -0.2) is 30.4 Å². The van der Waals surface area contributed by atoms with Crippen LogP contribution in [0, 0.1) is 0 Å². The minimum atomic E-state index is -0.798. The van der Waals surface area contributed by atoms with Crippen molar-refractivity contribution in [3.8, 4) is 11.4 Å². The second kappa shape index (κ2) is 7.30. The predicted octanol–water partition coefficient (Wildman–Crippen LogP) is 1.92. The van der Waals surface area contributed by atoms with Crippen molar-refractivity contribution < 1.29 is 4.79 Å². The normalized spacial score (nSPS) is 18.8. The first-order chi connectivity index (χ1) is 13.6. The Morgan fingerprint density at radius 1 is 1.14 bits per heavy atom. The van der Waals surface area contributed by atoms with Crippen molar-refractivity contribution in [2.24, 2.45) is 0 Å². The molecule has 1 aliphatic rings. The zero-order chi connectivity index (χ0) is 19.6. The quantitative estimate of drug-likeness (QED) is 0.749. The molecule has 1 N–H and O–H groups in total. The lowest BCUT2D eigenvalue weighted by atomic mass is 9.94. The van der Waals surface area contributed by atoms with Crippen LogP contribution in [0.2, 0.25) is 0 Å². The first-order valence-corrected chi connectivity index (χ1v) is 9.19. The molecule has 4 rings (SSSR count). The molecule has 8 heteroatoms. The molecule has 0 radical (unpaired) electrons. The molecular formula is C20H20N6O2. The molecule has 0 bridgehead atoms. The van der Waals surface area contributed by atoms with Crippen molar-refractivity contribution in [3.63, 3.8) is 0 Å². The molecule has 142 valence electrons. The summed E-state index contributed by atoms with van der Waals surface area (Å²) in [4.78, 5) is 42.6. The van der Waals surface area contributed by atoms with Gasteiger partial charge < -0.3 is 5.32 Å². The van der Waals surface area contributed by atoms with Gasteiger partial charge >= 0.3 is 0 Å². The number of carbonyl (C=O) groups is 1. The van der Waals surface area contributed by atoms with Crippen LogP contribution in [0.3, 0.4) is 0 Å². The summed E-state index contributed by atoms with van der Waals surface area (Å²) in [5, 5.41) is 3.06. The van der Waals surface area contributed by atoms with Crippen molar-refractivity contribution >= 4 is 5.91 Å². The molecule has 3 aromatic heterocycles. The van der Waals surface area contributed by atoms with Gasteiger partial charge in [0.2, 0.25) is 0 Å². The minimum absolute atomic E-state index is 0.154. The van der Waals surface area contributed by atoms with Crippen LogP contribution in [0.15, 0.2) is 53.8 Å². The predicted molar refractivity (Wildman–Crippen MR) is 102 cm³/mol. The van der Waals surface area contributed by atoms with E-state index in [1.54, 1.807) is 41.2 Å². The van der Waals surface area contributed by atoms with Gasteiger partial charge in [0.15, 0.2) is 0 Å². The molecule has 3 aromatic rings. The summed E-state index contributed by atoms with van der Waals surface area (Å²) in [6.45, 7) is 2.47. The van der Waals surface area contributed by atoms with Gasteiger partial charge in [-0.2, -0.15) is 0 Å². The molecular weight excluding hydrogens is 356 g/mol. The highest BCUT2D eigenvalue weighted by molar-refractivity contribution is 5.92. The van der Waals surface area contributed by atoms with Gasteiger partial charge in [-0.15, -0.1) is 0 Å². The number of nitrogens with one attached hydrogen (secondary N) is 1. The zero-order valence-corrected chi connectivity index (χ0v) is 15.5. The van der Waals surface area contributed by atoms with Crippen LogP contribution in [-0.2, 0) is 12.1 Å². The molecule has 0 aromatic carbocycles. The van der Waals surface area contributed by atoms with E-state index in [2.05, 4.69) is 20.3 Å². The van der Waals surface area contributed by atoms with E-state index in [9.17, 15) is 9.59 Å². The number of pyridine rings is 1. The molecule has 0 spiro atoms. The second-order valence-corrected chi connectivity index (χ2v) is 7.01. The number of aromatic nitrogens is 5. The Kier molecular flexibility index (Phi) is 4.68. The van der Waals surface area contributed by atoms with Gasteiger partial charge in [-0.3, -0.25) is 19.1 Å². The van der Waals surface area contributed by atoms with E-state index in [0.717, 1.165) is 12.8 Å². The Bertz CT molecular complexity index is 1050. The van der Waals surface area contributed by atoms with Gasteiger partial charge in [-0.1, -0.05) is 6.07 Å². The summed E-state index contributed by atoms with van der Waals surface area (Å²) in [7, 11) is 0. The van der Waals surface area contributed by atoms with Crippen LogP contribution in [0.25, 0.3) is 11.4 Å². The highest BCUT2D eigenvalue weighted by Gasteiger charge is 2.35.